The van der Waals surface area contributed by atoms with Gasteiger partial charge < -0.3 is 10.6 Å². The number of benzene rings is 2. The second-order valence-electron chi connectivity index (χ2n) is 4.64. The van der Waals surface area contributed by atoms with Crippen molar-refractivity contribution in [1.29, 1.82) is 0 Å². The lowest BCUT2D eigenvalue weighted by Gasteiger charge is -2.09. The molecule has 1 heterocycles. The fourth-order valence-corrected chi connectivity index (χ4v) is 2.17. The highest BCUT2D eigenvalue weighted by molar-refractivity contribution is 6.42. The van der Waals surface area contributed by atoms with E-state index < -0.39 is 11.6 Å². The van der Waals surface area contributed by atoms with Gasteiger partial charge in [-0.05, 0) is 30.3 Å². The summed E-state index contributed by atoms with van der Waals surface area (Å²) in [5.74, 6) is -1.28. The van der Waals surface area contributed by atoms with E-state index in [0.717, 1.165) is 12.1 Å². The Morgan fingerprint density at radius 2 is 1.67 bits per heavy atom. The van der Waals surface area contributed by atoms with E-state index in [9.17, 15) is 8.78 Å². The van der Waals surface area contributed by atoms with Crippen molar-refractivity contribution < 1.29 is 8.78 Å². The first-order chi connectivity index (χ1) is 11.5. The monoisotopic (exact) mass is 367 g/mol. The molecular weight excluding hydrogens is 359 g/mol. The first-order valence-corrected chi connectivity index (χ1v) is 7.41. The number of para-hydroxylation sites is 1. The molecule has 0 aliphatic carbocycles. The van der Waals surface area contributed by atoms with Gasteiger partial charge in [-0.15, -0.1) is 5.10 Å². The Balaban J connectivity index is 1.82. The molecule has 0 bridgehead atoms. The Morgan fingerprint density at radius 1 is 0.917 bits per heavy atom. The zero-order valence-corrected chi connectivity index (χ0v) is 13.4. The van der Waals surface area contributed by atoms with E-state index in [-0.39, 0.29) is 11.6 Å². The molecule has 0 atom stereocenters. The van der Waals surface area contributed by atoms with Crippen LogP contribution in [0.25, 0.3) is 0 Å². The number of nitrogens with zero attached hydrogens (tertiary/aromatic N) is 3. The van der Waals surface area contributed by atoms with Gasteiger partial charge in [0, 0.05) is 5.69 Å². The summed E-state index contributed by atoms with van der Waals surface area (Å²) in [6.07, 6.45) is 1.35. The van der Waals surface area contributed by atoms with Crippen molar-refractivity contribution in [3.05, 3.63) is 64.3 Å². The molecule has 1 aromatic heterocycles. The molecule has 0 aliphatic rings. The molecule has 0 saturated heterocycles. The predicted octanol–water partition coefficient (Wildman–Crippen LogP) is 4.94. The van der Waals surface area contributed by atoms with Crippen LogP contribution in [-0.2, 0) is 0 Å². The number of rotatable bonds is 4. The number of halogens is 4. The van der Waals surface area contributed by atoms with E-state index >= 15 is 0 Å². The van der Waals surface area contributed by atoms with Crippen LogP contribution in [0.1, 0.15) is 0 Å². The fourth-order valence-electron chi connectivity index (χ4n) is 1.87. The molecule has 122 valence electrons. The second kappa shape index (κ2) is 6.94. The van der Waals surface area contributed by atoms with Gasteiger partial charge in [0.1, 0.15) is 17.3 Å². The first-order valence-electron chi connectivity index (χ1n) is 6.66. The SMILES string of the molecule is Fc1cccc(F)c1Nc1nncc(Nc2ccc(Cl)c(Cl)c2)n1. The third-order valence-corrected chi connectivity index (χ3v) is 3.69. The normalized spacial score (nSPS) is 10.5. The molecular formula is C15H9Cl2F2N5. The van der Waals surface area contributed by atoms with Crippen molar-refractivity contribution in [3.8, 4) is 0 Å². The molecule has 0 saturated carbocycles. The number of anilines is 4. The highest BCUT2D eigenvalue weighted by atomic mass is 35.5. The van der Waals surface area contributed by atoms with E-state index in [4.69, 9.17) is 23.2 Å². The maximum absolute atomic E-state index is 13.6. The minimum atomic E-state index is -0.763. The largest absolute Gasteiger partial charge is 0.339 e. The van der Waals surface area contributed by atoms with E-state index in [1.54, 1.807) is 18.2 Å². The highest BCUT2D eigenvalue weighted by Crippen LogP contribution is 2.27. The zero-order chi connectivity index (χ0) is 17.1. The molecule has 0 fully saturated rings. The Labute approximate surface area is 145 Å². The van der Waals surface area contributed by atoms with Gasteiger partial charge in [-0.2, -0.15) is 10.1 Å². The average Bonchev–Trinajstić information content (AvgIpc) is 2.55. The molecule has 0 spiro atoms. The molecule has 0 amide bonds. The topological polar surface area (TPSA) is 62.7 Å². The zero-order valence-electron chi connectivity index (χ0n) is 11.9. The lowest BCUT2D eigenvalue weighted by Crippen LogP contribution is -2.04. The van der Waals surface area contributed by atoms with Crippen LogP contribution in [0.15, 0.2) is 42.6 Å². The molecule has 5 nitrogen and oxygen atoms in total. The second-order valence-corrected chi connectivity index (χ2v) is 5.46. The van der Waals surface area contributed by atoms with Crippen LogP contribution in [-0.4, -0.2) is 15.2 Å². The maximum Gasteiger partial charge on any atom is 0.249 e. The van der Waals surface area contributed by atoms with Gasteiger partial charge in [-0.3, -0.25) is 0 Å². The smallest absolute Gasteiger partial charge is 0.249 e. The third kappa shape index (κ3) is 3.69. The molecule has 24 heavy (non-hydrogen) atoms. The van der Waals surface area contributed by atoms with Gasteiger partial charge in [-0.1, -0.05) is 29.3 Å². The summed E-state index contributed by atoms with van der Waals surface area (Å²) in [6.45, 7) is 0. The maximum atomic E-state index is 13.6. The van der Waals surface area contributed by atoms with Gasteiger partial charge >= 0.3 is 0 Å². The summed E-state index contributed by atoms with van der Waals surface area (Å²) >= 11 is 11.8. The molecule has 2 aromatic carbocycles. The summed E-state index contributed by atoms with van der Waals surface area (Å²) in [7, 11) is 0. The Kier molecular flexibility index (Phi) is 4.73. The van der Waals surface area contributed by atoms with Gasteiger partial charge in [0.25, 0.3) is 0 Å². The Hall–Kier alpha value is -2.51. The van der Waals surface area contributed by atoms with E-state index in [1.807, 2.05) is 0 Å². The molecule has 0 unspecified atom stereocenters. The van der Waals surface area contributed by atoms with Crippen molar-refractivity contribution in [2.45, 2.75) is 0 Å². The summed E-state index contributed by atoms with van der Waals surface area (Å²) in [4.78, 5) is 4.09. The van der Waals surface area contributed by atoms with Crippen LogP contribution in [0.5, 0.6) is 0 Å². The first kappa shape index (κ1) is 16.4. The van der Waals surface area contributed by atoms with Crippen molar-refractivity contribution in [1.82, 2.24) is 15.2 Å². The number of hydrogen-bond donors (Lipinski definition) is 2. The number of nitrogens with one attached hydrogen (secondary N) is 2. The third-order valence-electron chi connectivity index (χ3n) is 2.95. The van der Waals surface area contributed by atoms with E-state index in [0.29, 0.717) is 21.6 Å². The van der Waals surface area contributed by atoms with Gasteiger partial charge in [-0.25, -0.2) is 8.78 Å². The highest BCUT2D eigenvalue weighted by Gasteiger charge is 2.11. The van der Waals surface area contributed by atoms with Crippen LogP contribution < -0.4 is 10.6 Å². The Morgan fingerprint density at radius 3 is 2.38 bits per heavy atom. The summed E-state index contributed by atoms with van der Waals surface area (Å²) in [6, 6.07) is 8.43. The van der Waals surface area contributed by atoms with Gasteiger partial charge in [0.05, 0.1) is 16.2 Å². The lowest BCUT2D eigenvalue weighted by molar-refractivity contribution is 0.590. The van der Waals surface area contributed by atoms with Crippen LogP contribution in [0.2, 0.25) is 10.0 Å². The van der Waals surface area contributed by atoms with Crippen molar-refractivity contribution in [2.75, 3.05) is 10.6 Å². The molecule has 9 heteroatoms. The number of aromatic nitrogens is 3. The molecule has 0 aliphatic heterocycles. The lowest BCUT2D eigenvalue weighted by atomic mass is 10.3. The quantitative estimate of drug-likeness (QED) is 0.683. The van der Waals surface area contributed by atoms with Crippen molar-refractivity contribution >= 4 is 46.3 Å². The van der Waals surface area contributed by atoms with E-state index in [2.05, 4.69) is 25.8 Å². The molecule has 2 N–H and O–H groups in total. The fraction of sp³-hybridized carbons (Fsp3) is 0. The Bertz CT molecular complexity index is 871. The van der Waals surface area contributed by atoms with Crippen molar-refractivity contribution in [2.24, 2.45) is 0 Å². The molecule has 3 rings (SSSR count). The van der Waals surface area contributed by atoms with E-state index in [1.165, 1.54) is 12.3 Å². The summed E-state index contributed by atoms with van der Waals surface area (Å²) in [5, 5.41) is 13.6. The van der Waals surface area contributed by atoms with Crippen LogP contribution in [0.3, 0.4) is 0 Å². The predicted molar refractivity (Wildman–Crippen MR) is 89.2 cm³/mol. The van der Waals surface area contributed by atoms with Gasteiger partial charge in [0.2, 0.25) is 5.95 Å². The molecule has 0 radical (unpaired) electrons. The minimum absolute atomic E-state index is 0.0657. The summed E-state index contributed by atoms with van der Waals surface area (Å²) < 4.78 is 27.3. The number of hydrogen-bond acceptors (Lipinski definition) is 5. The van der Waals surface area contributed by atoms with Gasteiger partial charge in [0.15, 0.2) is 5.82 Å². The summed E-state index contributed by atoms with van der Waals surface area (Å²) in [5.41, 5.74) is 0.263. The van der Waals surface area contributed by atoms with Crippen molar-refractivity contribution in [3.63, 3.8) is 0 Å². The standard InChI is InChI=1S/C15H9Cl2F2N5/c16-9-5-4-8(6-10(9)17)21-13-7-20-24-15(22-13)23-14-11(18)2-1-3-12(14)19/h1-7H,(H2,21,22,23,24). The average molecular weight is 368 g/mol. The van der Waals surface area contributed by atoms with Crippen LogP contribution >= 0.6 is 23.2 Å². The van der Waals surface area contributed by atoms with Crippen LogP contribution in [0, 0.1) is 11.6 Å². The molecule has 3 aromatic rings. The minimum Gasteiger partial charge on any atom is -0.339 e. The van der Waals surface area contributed by atoms with Crippen LogP contribution in [0.4, 0.5) is 31.9 Å².